The van der Waals surface area contributed by atoms with Crippen molar-refractivity contribution in [1.29, 1.82) is 0 Å². The summed E-state index contributed by atoms with van der Waals surface area (Å²) < 4.78 is 15.7. The molecule has 8 nitrogen and oxygen atoms in total. The SMILES string of the molecule is COCCN=C(NCCc1ccco1)N1CCN(Cc2cc(C)on2)CC1. The Kier molecular flexibility index (Phi) is 7.29. The van der Waals surface area contributed by atoms with Crippen LogP contribution in [0.3, 0.4) is 0 Å². The number of methoxy groups -OCH3 is 1. The first kappa shape index (κ1) is 19.4. The molecule has 0 spiro atoms. The minimum Gasteiger partial charge on any atom is -0.469 e. The molecule has 0 bridgehead atoms. The average molecular weight is 375 g/mol. The van der Waals surface area contributed by atoms with Crippen molar-refractivity contribution in [3.8, 4) is 0 Å². The maximum absolute atomic E-state index is 5.40. The van der Waals surface area contributed by atoms with Crippen LogP contribution in [0.4, 0.5) is 0 Å². The van der Waals surface area contributed by atoms with Gasteiger partial charge in [-0.3, -0.25) is 9.89 Å². The Morgan fingerprint density at radius 1 is 1.33 bits per heavy atom. The summed E-state index contributed by atoms with van der Waals surface area (Å²) in [7, 11) is 1.70. The van der Waals surface area contributed by atoms with E-state index >= 15 is 0 Å². The molecule has 1 aliphatic rings. The summed E-state index contributed by atoms with van der Waals surface area (Å²) >= 11 is 0. The lowest BCUT2D eigenvalue weighted by Crippen LogP contribution is -2.52. The van der Waals surface area contributed by atoms with Crippen LogP contribution >= 0.6 is 0 Å². The Labute approximate surface area is 160 Å². The number of nitrogens with one attached hydrogen (secondary N) is 1. The summed E-state index contributed by atoms with van der Waals surface area (Å²) in [5.41, 5.74) is 0.992. The fourth-order valence-corrected chi connectivity index (χ4v) is 3.10. The van der Waals surface area contributed by atoms with Gasteiger partial charge in [0.2, 0.25) is 0 Å². The van der Waals surface area contributed by atoms with Crippen molar-refractivity contribution in [2.45, 2.75) is 19.9 Å². The van der Waals surface area contributed by atoms with Gasteiger partial charge in [0.05, 0.1) is 25.1 Å². The van der Waals surface area contributed by atoms with Gasteiger partial charge in [-0.25, -0.2) is 0 Å². The molecule has 27 heavy (non-hydrogen) atoms. The lowest BCUT2D eigenvalue weighted by molar-refractivity contribution is 0.168. The highest BCUT2D eigenvalue weighted by Crippen LogP contribution is 2.09. The number of piperazine rings is 1. The van der Waals surface area contributed by atoms with Gasteiger partial charge in [-0.05, 0) is 19.1 Å². The van der Waals surface area contributed by atoms with Gasteiger partial charge in [0, 0.05) is 58.9 Å². The van der Waals surface area contributed by atoms with E-state index in [0.29, 0.717) is 13.2 Å². The highest BCUT2D eigenvalue weighted by Gasteiger charge is 2.20. The van der Waals surface area contributed by atoms with Crippen molar-refractivity contribution in [2.75, 3.05) is 53.0 Å². The number of furan rings is 1. The summed E-state index contributed by atoms with van der Waals surface area (Å²) in [6, 6.07) is 5.91. The summed E-state index contributed by atoms with van der Waals surface area (Å²) in [6.07, 6.45) is 2.54. The Bertz CT molecular complexity index is 690. The van der Waals surface area contributed by atoms with E-state index in [9.17, 15) is 0 Å². The quantitative estimate of drug-likeness (QED) is 0.426. The molecule has 3 rings (SSSR count). The Morgan fingerprint density at radius 2 is 2.19 bits per heavy atom. The van der Waals surface area contributed by atoms with Gasteiger partial charge in [-0.15, -0.1) is 0 Å². The smallest absolute Gasteiger partial charge is 0.194 e. The third kappa shape index (κ3) is 6.11. The van der Waals surface area contributed by atoms with Gasteiger partial charge in [-0.2, -0.15) is 0 Å². The third-order valence-corrected chi connectivity index (χ3v) is 4.53. The maximum Gasteiger partial charge on any atom is 0.194 e. The molecule has 1 fully saturated rings. The van der Waals surface area contributed by atoms with Crippen LogP contribution in [0, 0.1) is 6.92 Å². The first-order valence-corrected chi connectivity index (χ1v) is 9.43. The lowest BCUT2D eigenvalue weighted by atomic mass is 10.3. The van der Waals surface area contributed by atoms with Crippen molar-refractivity contribution in [1.82, 2.24) is 20.3 Å². The van der Waals surface area contributed by atoms with Crippen molar-refractivity contribution >= 4 is 5.96 Å². The van der Waals surface area contributed by atoms with Gasteiger partial charge < -0.3 is 23.9 Å². The summed E-state index contributed by atoms with van der Waals surface area (Å²) in [5.74, 6) is 2.78. The number of rotatable bonds is 8. The fourth-order valence-electron chi connectivity index (χ4n) is 3.10. The molecular weight excluding hydrogens is 346 g/mol. The van der Waals surface area contributed by atoms with Crippen LogP contribution in [-0.2, 0) is 17.7 Å². The van der Waals surface area contributed by atoms with E-state index in [-0.39, 0.29) is 0 Å². The highest BCUT2D eigenvalue weighted by atomic mass is 16.5. The zero-order valence-corrected chi connectivity index (χ0v) is 16.2. The molecule has 0 unspecified atom stereocenters. The third-order valence-electron chi connectivity index (χ3n) is 4.53. The first-order valence-electron chi connectivity index (χ1n) is 9.43. The molecule has 148 valence electrons. The van der Waals surface area contributed by atoms with E-state index in [1.807, 2.05) is 25.1 Å². The van der Waals surface area contributed by atoms with Gasteiger partial charge in [0.1, 0.15) is 11.5 Å². The molecule has 0 aromatic carbocycles. The fraction of sp³-hybridized carbons (Fsp3) is 0.579. The molecule has 0 saturated carbocycles. The van der Waals surface area contributed by atoms with E-state index in [1.165, 1.54) is 0 Å². The van der Waals surface area contributed by atoms with Crippen LogP contribution in [-0.4, -0.2) is 73.9 Å². The number of aryl methyl sites for hydroxylation is 1. The van der Waals surface area contributed by atoms with Crippen molar-refractivity contribution < 1.29 is 13.7 Å². The van der Waals surface area contributed by atoms with E-state index in [1.54, 1.807) is 13.4 Å². The molecule has 2 aromatic heterocycles. The van der Waals surface area contributed by atoms with Gasteiger partial charge in [0.25, 0.3) is 0 Å². The number of nitrogens with zero attached hydrogens (tertiary/aromatic N) is 4. The Hall–Kier alpha value is -2.32. The largest absolute Gasteiger partial charge is 0.469 e. The van der Waals surface area contributed by atoms with Crippen LogP contribution in [0.5, 0.6) is 0 Å². The van der Waals surface area contributed by atoms with Crippen LogP contribution in [0.25, 0.3) is 0 Å². The van der Waals surface area contributed by atoms with E-state index in [4.69, 9.17) is 18.7 Å². The predicted molar refractivity (Wildman–Crippen MR) is 103 cm³/mol. The van der Waals surface area contributed by atoms with Crippen LogP contribution < -0.4 is 5.32 Å². The van der Waals surface area contributed by atoms with Crippen LogP contribution in [0.2, 0.25) is 0 Å². The number of aliphatic imine (C=N–C) groups is 1. The van der Waals surface area contributed by atoms with Crippen molar-refractivity contribution in [3.63, 3.8) is 0 Å². The molecule has 0 aliphatic carbocycles. The monoisotopic (exact) mass is 375 g/mol. The summed E-state index contributed by atoms with van der Waals surface area (Å²) in [4.78, 5) is 9.40. The zero-order valence-electron chi connectivity index (χ0n) is 16.2. The van der Waals surface area contributed by atoms with E-state index in [0.717, 1.165) is 68.9 Å². The number of aromatic nitrogens is 1. The first-order chi connectivity index (χ1) is 13.2. The standard InChI is InChI=1S/C19H29N5O3/c1-16-14-17(22-27-16)15-23-8-10-24(11-9-23)19(21-7-13-25-2)20-6-5-18-4-3-12-26-18/h3-4,12,14H,5-11,13,15H2,1-2H3,(H,20,21). The highest BCUT2D eigenvalue weighted by molar-refractivity contribution is 5.80. The number of hydrogen-bond donors (Lipinski definition) is 1. The van der Waals surface area contributed by atoms with Crippen molar-refractivity contribution in [2.24, 2.45) is 4.99 Å². The zero-order chi connectivity index (χ0) is 18.9. The average Bonchev–Trinajstić information content (AvgIpc) is 3.33. The van der Waals surface area contributed by atoms with Gasteiger partial charge in [0.15, 0.2) is 5.96 Å². The molecule has 0 radical (unpaired) electrons. The molecule has 8 heteroatoms. The summed E-state index contributed by atoms with van der Waals surface area (Å²) in [5, 5.41) is 7.56. The van der Waals surface area contributed by atoms with Gasteiger partial charge >= 0.3 is 0 Å². The maximum atomic E-state index is 5.40. The molecule has 0 atom stereocenters. The van der Waals surface area contributed by atoms with Gasteiger partial charge in [-0.1, -0.05) is 5.16 Å². The Morgan fingerprint density at radius 3 is 2.85 bits per heavy atom. The van der Waals surface area contributed by atoms with Crippen molar-refractivity contribution in [3.05, 3.63) is 41.7 Å². The summed E-state index contributed by atoms with van der Waals surface area (Å²) in [6.45, 7) is 8.60. The van der Waals surface area contributed by atoms with Crippen LogP contribution in [0.15, 0.2) is 38.4 Å². The second-order valence-electron chi connectivity index (χ2n) is 6.65. The normalized spacial score (nSPS) is 16.1. The molecule has 0 amide bonds. The molecule has 1 saturated heterocycles. The Balaban J connectivity index is 1.49. The molecule has 3 heterocycles. The molecular formula is C19H29N5O3. The molecule has 2 aromatic rings. The predicted octanol–water partition coefficient (Wildman–Crippen LogP) is 1.53. The van der Waals surface area contributed by atoms with E-state index < -0.39 is 0 Å². The lowest BCUT2D eigenvalue weighted by Gasteiger charge is -2.36. The molecule has 1 aliphatic heterocycles. The number of guanidine groups is 1. The number of ether oxygens (including phenoxy) is 1. The second-order valence-corrected chi connectivity index (χ2v) is 6.65. The van der Waals surface area contributed by atoms with E-state index in [2.05, 4.69) is 20.3 Å². The second kappa shape index (κ2) is 10.1. The minimum absolute atomic E-state index is 0.620. The number of hydrogen-bond acceptors (Lipinski definition) is 6. The topological polar surface area (TPSA) is 79.3 Å². The molecule has 1 N–H and O–H groups in total. The van der Waals surface area contributed by atoms with Crippen LogP contribution in [0.1, 0.15) is 17.2 Å². The minimum atomic E-state index is 0.620.